The molecule has 4 unspecified atom stereocenters. The molecule has 3 heterocycles. The van der Waals surface area contributed by atoms with Crippen LogP contribution in [0, 0.1) is 5.92 Å². The Morgan fingerprint density at radius 2 is 2.21 bits per heavy atom. The number of hydrazine groups is 1. The highest BCUT2D eigenvalue weighted by Gasteiger charge is 2.44. The number of thioether (sulfide) groups is 1. The van der Waals surface area contributed by atoms with Crippen LogP contribution >= 0.6 is 11.8 Å². The first-order valence-corrected chi connectivity index (χ1v) is 8.67. The van der Waals surface area contributed by atoms with Crippen molar-refractivity contribution >= 4 is 11.8 Å². The van der Waals surface area contributed by atoms with Gasteiger partial charge in [0.2, 0.25) is 0 Å². The molecule has 5 heteroatoms. The number of hydrogen-bond acceptors (Lipinski definition) is 5. The van der Waals surface area contributed by atoms with Crippen molar-refractivity contribution < 1.29 is 9.47 Å². The van der Waals surface area contributed by atoms with Gasteiger partial charge in [-0.3, -0.25) is 11.3 Å². The lowest BCUT2D eigenvalue weighted by Crippen LogP contribution is -2.53. The number of nitrogens with one attached hydrogen (secondary N) is 1. The summed E-state index contributed by atoms with van der Waals surface area (Å²) in [4.78, 5) is 0. The zero-order valence-electron chi connectivity index (χ0n) is 11.6. The molecule has 110 valence electrons. The van der Waals surface area contributed by atoms with Crippen LogP contribution in [0.15, 0.2) is 0 Å². The molecule has 0 aliphatic carbocycles. The van der Waals surface area contributed by atoms with E-state index in [9.17, 15) is 0 Å². The third-order valence-electron chi connectivity index (χ3n) is 4.91. The second-order valence-corrected chi connectivity index (χ2v) is 7.53. The molecule has 4 nitrogen and oxygen atoms in total. The fourth-order valence-electron chi connectivity index (χ4n) is 3.83. The van der Waals surface area contributed by atoms with Gasteiger partial charge in [0.25, 0.3) is 0 Å². The second-order valence-electron chi connectivity index (χ2n) is 6.18. The smallest absolute Gasteiger partial charge is 0.0939 e. The molecule has 4 atom stereocenters. The Labute approximate surface area is 120 Å². The minimum absolute atomic E-state index is 0.00263. The van der Waals surface area contributed by atoms with Gasteiger partial charge in [-0.15, -0.1) is 0 Å². The maximum absolute atomic E-state index is 6.04. The summed E-state index contributed by atoms with van der Waals surface area (Å²) in [7, 11) is 0. The van der Waals surface area contributed by atoms with E-state index in [1.54, 1.807) is 0 Å². The highest BCUT2D eigenvalue weighted by atomic mass is 32.2. The first-order chi connectivity index (χ1) is 9.33. The van der Waals surface area contributed by atoms with Gasteiger partial charge in [0.1, 0.15) is 0 Å². The Morgan fingerprint density at radius 1 is 1.26 bits per heavy atom. The van der Waals surface area contributed by atoms with Crippen LogP contribution in [0.3, 0.4) is 0 Å². The van der Waals surface area contributed by atoms with E-state index in [2.05, 4.69) is 17.2 Å². The molecule has 3 aliphatic rings. The molecule has 3 saturated heterocycles. The normalized spacial score (nSPS) is 41.5. The highest BCUT2D eigenvalue weighted by molar-refractivity contribution is 8.00. The van der Waals surface area contributed by atoms with E-state index in [1.165, 1.54) is 25.0 Å². The van der Waals surface area contributed by atoms with Crippen LogP contribution in [0.5, 0.6) is 0 Å². The number of hydrogen-bond donors (Lipinski definition) is 2. The molecule has 0 radical (unpaired) electrons. The van der Waals surface area contributed by atoms with E-state index in [4.69, 9.17) is 15.3 Å². The summed E-state index contributed by atoms with van der Waals surface area (Å²) in [6.07, 6.45) is 7.32. The van der Waals surface area contributed by atoms with Crippen molar-refractivity contribution in [2.75, 3.05) is 25.6 Å². The number of rotatable bonds is 3. The molecule has 0 amide bonds. The van der Waals surface area contributed by atoms with Crippen LogP contribution < -0.4 is 11.3 Å². The van der Waals surface area contributed by atoms with Gasteiger partial charge in [-0.25, -0.2) is 0 Å². The zero-order chi connectivity index (χ0) is 13.1. The van der Waals surface area contributed by atoms with Gasteiger partial charge in [0, 0.05) is 30.9 Å². The van der Waals surface area contributed by atoms with Crippen molar-refractivity contribution in [3.63, 3.8) is 0 Å². The molecule has 0 saturated carbocycles. The lowest BCUT2D eigenvalue weighted by molar-refractivity contribution is -0.103. The van der Waals surface area contributed by atoms with Gasteiger partial charge in [-0.05, 0) is 37.4 Å². The standard InChI is InChI=1S/C14H26N2O2S/c15-16-13(12-3-1-2-8-19-12)11-4-6-18-14(9-11)5-7-17-10-14/h11-13,16H,1-10,15H2. The highest BCUT2D eigenvalue weighted by Crippen LogP contribution is 2.40. The Kier molecular flexibility index (Phi) is 4.70. The molecular formula is C14H26N2O2S. The van der Waals surface area contributed by atoms with Crippen molar-refractivity contribution in [3.8, 4) is 0 Å². The zero-order valence-corrected chi connectivity index (χ0v) is 12.4. The molecule has 1 spiro atoms. The number of ether oxygens (including phenoxy) is 2. The topological polar surface area (TPSA) is 56.5 Å². The molecule has 3 fully saturated rings. The van der Waals surface area contributed by atoms with Gasteiger partial charge >= 0.3 is 0 Å². The lowest BCUT2D eigenvalue weighted by atomic mass is 9.79. The summed E-state index contributed by atoms with van der Waals surface area (Å²) < 4.78 is 11.6. The Bertz CT molecular complexity index is 291. The van der Waals surface area contributed by atoms with E-state index in [1.807, 2.05) is 0 Å². The summed E-state index contributed by atoms with van der Waals surface area (Å²) in [5.41, 5.74) is 3.13. The van der Waals surface area contributed by atoms with Gasteiger partial charge in [-0.2, -0.15) is 11.8 Å². The lowest BCUT2D eigenvalue weighted by Gasteiger charge is -2.43. The Balaban J connectivity index is 1.64. The Morgan fingerprint density at radius 3 is 2.89 bits per heavy atom. The summed E-state index contributed by atoms with van der Waals surface area (Å²) in [6.45, 7) is 2.49. The summed E-state index contributed by atoms with van der Waals surface area (Å²) >= 11 is 2.11. The largest absolute Gasteiger partial charge is 0.378 e. The fourth-order valence-corrected chi connectivity index (χ4v) is 5.35. The molecule has 0 aromatic rings. The quantitative estimate of drug-likeness (QED) is 0.611. The fraction of sp³-hybridized carbons (Fsp3) is 1.00. The molecule has 0 bridgehead atoms. The van der Waals surface area contributed by atoms with Crippen molar-refractivity contribution in [3.05, 3.63) is 0 Å². The van der Waals surface area contributed by atoms with Gasteiger partial charge < -0.3 is 9.47 Å². The molecule has 19 heavy (non-hydrogen) atoms. The molecule has 3 rings (SSSR count). The molecular weight excluding hydrogens is 260 g/mol. The maximum Gasteiger partial charge on any atom is 0.0939 e. The van der Waals surface area contributed by atoms with Crippen LogP contribution in [0.4, 0.5) is 0 Å². The van der Waals surface area contributed by atoms with Gasteiger partial charge in [0.05, 0.1) is 12.2 Å². The van der Waals surface area contributed by atoms with E-state index < -0.39 is 0 Å². The van der Waals surface area contributed by atoms with Crippen LogP contribution in [0.1, 0.15) is 38.5 Å². The third kappa shape index (κ3) is 3.10. The van der Waals surface area contributed by atoms with Crippen molar-refractivity contribution in [2.24, 2.45) is 11.8 Å². The van der Waals surface area contributed by atoms with Crippen molar-refractivity contribution in [1.29, 1.82) is 0 Å². The summed E-state index contributed by atoms with van der Waals surface area (Å²) in [5.74, 6) is 7.81. The average Bonchev–Trinajstić information content (AvgIpc) is 2.89. The summed E-state index contributed by atoms with van der Waals surface area (Å²) in [5, 5.41) is 0.682. The van der Waals surface area contributed by atoms with E-state index in [0.29, 0.717) is 17.2 Å². The molecule has 0 aromatic heterocycles. The monoisotopic (exact) mass is 286 g/mol. The second kappa shape index (κ2) is 6.31. The van der Waals surface area contributed by atoms with Crippen LogP contribution in [0.2, 0.25) is 0 Å². The van der Waals surface area contributed by atoms with Crippen LogP contribution in [0.25, 0.3) is 0 Å². The molecule has 3 aliphatic heterocycles. The van der Waals surface area contributed by atoms with Crippen LogP contribution in [-0.2, 0) is 9.47 Å². The number of nitrogens with two attached hydrogens (primary N) is 1. The Hall–Kier alpha value is 0.190. The van der Waals surface area contributed by atoms with Gasteiger partial charge in [0.15, 0.2) is 0 Å². The van der Waals surface area contributed by atoms with E-state index >= 15 is 0 Å². The van der Waals surface area contributed by atoms with Crippen LogP contribution in [-0.4, -0.2) is 42.5 Å². The third-order valence-corrected chi connectivity index (χ3v) is 6.40. The SMILES string of the molecule is NNC(C1CCOC2(CCOC2)C1)C1CCCCS1. The first kappa shape index (κ1) is 14.1. The van der Waals surface area contributed by atoms with Crippen molar-refractivity contribution in [1.82, 2.24) is 5.43 Å². The van der Waals surface area contributed by atoms with Gasteiger partial charge in [-0.1, -0.05) is 6.42 Å². The van der Waals surface area contributed by atoms with Crippen molar-refractivity contribution in [2.45, 2.75) is 55.4 Å². The first-order valence-electron chi connectivity index (χ1n) is 7.62. The summed E-state index contributed by atoms with van der Waals surface area (Å²) in [6, 6.07) is 0.437. The van der Waals surface area contributed by atoms with E-state index in [-0.39, 0.29) is 5.60 Å². The predicted octanol–water partition coefficient (Wildman–Crippen LogP) is 1.69. The predicted molar refractivity (Wildman–Crippen MR) is 78.1 cm³/mol. The minimum atomic E-state index is -0.00263. The molecule has 0 aromatic carbocycles. The average molecular weight is 286 g/mol. The molecule has 3 N–H and O–H groups in total. The maximum atomic E-state index is 6.04. The minimum Gasteiger partial charge on any atom is -0.378 e. The van der Waals surface area contributed by atoms with E-state index in [0.717, 1.165) is 39.1 Å².